The van der Waals surface area contributed by atoms with E-state index in [1.807, 2.05) is 0 Å². The zero-order valence-electron chi connectivity index (χ0n) is 19.4. The van der Waals surface area contributed by atoms with Crippen molar-refractivity contribution in [1.82, 2.24) is 15.0 Å². The van der Waals surface area contributed by atoms with Crippen LogP contribution < -0.4 is 5.32 Å². The van der Waals surface area contributed by atoms with Gasteiger partial charge < -0.3 is 9.71 Å². The summed E-state index contributed by atoms with van der Waals surface area (Å²) in [6, 6.07) is 9.66. The second kappa shape index (κ2) is 8.82. The Balaban J connectivity index is 1.52. The molecule has 178 valence electrons. The van der Waals surface area contributed by atoms with Crippen LogP contribution in [0.3, 0.4) is 0 Å². The topological polar surface area (TPSA) is 86.8 Å². The van der Waals surface area contributed by atoms with Crippen molar-refractivity contribution in [2.24, 2.45) is 0 Å². The van der Waals surface area contributed by atoms with Gasteiger partial charge in [0, 0.05) is 35.7 Å². The molecule has 4 rings (SSSR count). The van der Waals surface area contributed by atoms with E-state index in [1.54, 1.807) is 33.9 Å². The Morgan fingerprint density at radius 1 is 1.20 bits per heavy atom. The zero-order valence-corrected chi connectivity index (χ0v) is 20.2. The van der Waals surface area contributed by atoms with E-state index in [1.165, 1.54) is 25.0 Å². The van der Waals surface area contributed by atoms with Crippen LogP contribution in [0.15, 0.2) is 42.5 Å². The average Bonchev–Trinajstić information content (AvgIpc) is 3.13. The van der Waals surface area contributed by atoms with Gasteiger partial charge in [0.15, 0.2) is 0 Å². The second-order valence-electron chi connectivity index (χ2n) is 9.26. The molecule has 2 aromatic carbocycles. The largest absolute Gasteiger partial charge is 0.384 e. The molecule has 0 aliphatic carbocycles. The molecule has 13 heteroatoms. The van der Waals surface area contributed by atoms with Crippen LogP contribution in [-0.4, -0.2) is 62.5 Å². The van der Waals surface area contributed by atoms with E-state index in [2.05, 4.69) is 5.32 Å². The first kappa shape index (κ1) is 25.0. The van der Waals surface area contributed by atoms with Crippen LogP contribution in [0.25, 0.3) is 0 Å². The lowest BCUT2D eigenvalue weighted by Gasteiger charge is -2.44. The fourth-order valence-corrected chi connectivity index (χ4v) is 4.74. The monoisotopic (exact) mass is 497 g/mol. The van der Waals surface area contributed by atoms with Crippen molar-refractivity contribution >= 4 is 58.9 Å². The third kappa shape index (κ3) is 4.24. The Morgan fingerprint density at radius 2 is 1.86 bits per heavy atom. The molecule has 2 aromatic rings. The molecule has 0 radical (unpaired) electrons. The number of hydrogen-bond donors (Lipinski definition) is 1. The molecule has 7 nitrogen and oxygen atoms in total. The van der Waals surface area contributed by atoms with E-state index in [9.17, 15) is 28.0 Å². The van der Waals surface area contributed by atoms with Crippen molar-refractivity contribution in [3.63, 3.8) is 0 Å². The number of piperidine rings is 1. The fourth-order valence-electron chi connectivity index (χ4n) is 4.61. The van der Waals surface area contributed by atoms with Crippen LogP contribution in [0.2, 0.25) is 10.8 Å². The molecule has 0 bridgehead atoms. The smallest absolute Gasteiger partial charge is 0.348 e. The Bertz CT molecular complexity index is 1250. The predicted octanol–water partition coefficient (Wildman–Crippen LogP) is -0.238. The summed E-state index contributed by atoms with van der Waals surface area (Å²) >= 11 is 5.75. The molecule has 0 aromatic heterocycles. The Morgan fingerprint density at radius 3 is 2.49 bits per heavy atom. The van der Waals surface area contributed by atoms with Gasteiger partial charge in [-0.05, 0) is 35.1 Å². The van der Waals surface area contributed by atoms with Crippen molar-refractivity contribution in [3.05, 3.63) is 69.7 Å². The molecule has 2 heterocycles. The van der Waals surface area contributed by atoms with Gasteiger partial charge in [-0.3, -0.25) is 24.5 Å². The highest BCUT2D eigenvalue weighted by Gasteiger charge is 2.52. The highest BCUT2D eigenvalue weighted by atomic mass is 35.5. The summed E-state index contributed by atoms with van der Waals surface area (Å²) in [5, 5.41) is 2.60. The number of hydrogen-bond acceptors (Lipinski definition) is 4. The number of nitrogens with one attached hydrogen (secondary N) is 1. The lowest BCUT2D eigenvalue weighted by molar-refractivity contribution is -0.154. The van der Waals surface area contributed by atoms with Crippen molar-refractivity contribution < 1.29 is 28.0 Å². The summed E-state index contributed by atoms with van der Waals surface area (Å²) in [5.41, 5.74) is -0.0936. The first-order valence-corrected chi connectivity index (χ1v) is 11.4. The number of halogens is 3. The van der Waals surface area contributed by atoms with Gasteiger partial charge in [-0.15, -0.1) is 0 Å². The molecule has 2 aliphatic heterocycles. The summed E-state index contributed by atoms with van der Waals surface area (Å²) in [6.07, 6.45) is 0.113. The number of carbonyl (C=O) groups excluding carboxylic acids is 4. The van der Waals surface area contributed by atoms with E-state index in [4.69, 9.17) is 11.6 Å². The quantitative estimate of drug-likeness (QED) is 0.457. The van der Waals surface area contributed by atoms with Crippen molar-refractivity contribution in [1.29, 1.82) is 0 Å². The molecular weight excluding hydrogens is 476 g/mol. The highest BCUT2D eigenvalue weighted by molar-refractivity contribution is 6.38. The van der Waals surface area contributed by atoms with Gasteiger partial charge in [0.1, 0.15) is 15.7 Å². The minimum Gasteiger partial charge on any atom is -0.384 e. The predicted molar refractivity (Wildman–Crippen MR) is 132 cm³/mol. The minimum absolute atomic E-state index is 0.105. The molecule has 2 unspecified atom stereocenters. The number of imide groups is 1. The van der Waals surface area contributed by atoms with Crippen LogP contribution >= 0.6 is 11.6 Å². The summed E-state index contributed by atoms with van der Waals surface area (Å²) in [7, 11) is 4.66. The SMILES string of the molecule is BC1CC(=O)NC(=O)C1(B)N1Cc2cc(CN(B)C(=O)C(F)(F)c3ccc(Cl)cc3)ccc2C1=O. The van der Waals surface area contributed by atoms with Gasteiger partial charge in [0.2, 0.25) is 19.8 Å². The maximum Gasteiger partial charge on any atom is 0.348 e. The molecule has 0 spiro atoms. The van der Waals surface area contributed by atoms with E-state index < -0.39 is 28.7 Å². The Labute approximate surface area is 208 Å². The van der Waals surface area contributed by atoms with Crippen LogP contribution in [0, 0.1) is 0 Å². The highest BCUT2D eigenvalue weighted by Crippen LogP contribution is 2.38. The van der Waals surface area contributed by atoms with Gasteiger partial charge in [-0.25, -0.2) is 0 Å². The fraction of sp³-hybridized carbons (Fsp3) is 0.273. The third-order valence-corrected chi connectivity index (χ3v) is 7.19. The number of alkyl halides is 2. The zero-order chi connectivity index (χ0) is 25.7. The van der Waals surface area contributed by atoms with E-state index in [0.717, 1.165) is 16.9 Å². The molecule has 0 saturated carbocycles. The number of fused-ring (bicyclic) bond motifs is 1. The molecule has 35 heavy (non-hydrogen) atoms. The van der Waals surface area contributed by atoms with Gasteiger partial charge >= 0.3 is 5.92 Å². The first-order chi connectivity index (χ1) is 16.4. The lowest BCUT2D eigenvalue weighted by atomic mass is 9.56. The van der Waals surface area contributed by atoms with Gasteiger partial charge in [0.25, 0.3) is 11.8 Å². The summed E-state index contributed by atoms with van der Waals surface area (Å²) in [6.45, 7) is 0.0230. The third-order valence-electron chi connectivity index (χ3n) is 6.94. The molecule has 1 fully saturated rings. The van der Waals surface area contributed by atoms with E-state index >= 15 is 0 Å². The van der Waals surface area contributed by atoms with Gasteiger partial charge in [-0.2, -0.15) is 8.78 Å². The normalized spacial score (nSPS) is 22.1. The van der Waals surface area contributed by atoms with Crippen molar-refractivity contribution in [2.45, 2.75) is 36.7 Å². The molecule has 1 saturated heterocycles. The Kier molecular flexibility index (Phi) is 6.29. The first-order valence-electron chi connectivity index (χ1n) is 11.0. The second-order valence-corrected chi connectivity index (χ2v) is 9.69. The molecule has 2 atom stereocenters. The number of amides is 4. The maximum atomic E-state index is 14.8. The number of benzene rings is 2. The molecule has 2 aliphatic rings. The lowest BCUT2D eigenvalue weighted by Crippen LogP contribution is -2.66. The van der Waals surface area contributed by atoms with Crippen LogP contribution in [0.4, 0.5) is 8.78 Å². The molecular formula is C22H21B3ClF2N3O4. The summed E-state index contributed by atoms with van der Waals surface area (Å²) in [5.74, 6) is -6.75. The molecule has 1 N–H and O–H groups in total. The van der Waals surface area contributed by atoms with Crippen LogP contribution in [0.1, 0.15) is 33.5 Å². The van der Waals surface area contributed by atoms with Crippen molar-refractivity contribution in [2.75, 3.05) is 0 Å². The molecule has 4 amide bonds. The number of carbonyl (C=O) groups is 4. The summed E-state index contributed by atoms with van der Waals surface area (Å²) in [4.78, 5) is 52.5. The van der Waals surface area contributed by atoms with Crippen molar-refractivity contribution in [3.8, 4) is 0 Å². The van der Waals surface area contributed by atoms with E-state index in [0.29, 0.717) is 16.7 Å². The number of nitrogens with zero attached hydrogens (tertiary/aromatic N) is 2. The summed E-state index contributed by atoms with van der Waals surface area (Å²) < 4.78 is 29.5. The minimum atomic E-state index is -3.74. The van der Waals surface area contributed by atoms with E-state index in [-0.39, 0.29) is 42.2 Å². The van der Waals surface area contributed by atoms with Gasteiger partial charge in [-0.1, -0.05) is 35.9 Å². The number of rotatable bonds is 5. The van der Waals surface area contributed by atoms with Gasteiger partial charge in [0.05, 0.1) is 5.44 Å². The Hall–Kier alpha value is -3.14. The average molecular weight is 497 g/mol. The van der Waals surface area contributed by atoms with Crippen LogP contribution in [-0.2, 0) is 33.4 Å². The standard InChI is InChI=1S/C22H21B3ClF2N3O4/c23-16-8-17(32)29-19(34)21(16,24)30-10-12-7-11(1-6-15(12)18(30)33)9-31(25)20(35)22(27,28)13-2-4-14(26)5-3-13/h1-7,16H,8-10,23-25H2,(H,29,32,34). The maximum absolute atomic E-state index is 14.8. The van der Waals surface area contributed by atoms with Crippen LogP contribution in [0.5, 0.6) is 0 Å².